The van der Waals surface area contributed by atoms with Crippen molar-refractivity contribution in [3.05, 3.63) is 29.3 Å². The second-order valence-electron chi connectivity index (χ2n) is 12.0. The molecule has 0 bridgehead atoms. The van der Waals surface area contributed by atoms with E-state index in [2.05, 4.69) is 44.5 Å². The van der Waals surface area contributed by atoms with Crippen LogP contribution < -0.4 is 15.5 Å². The first-order chi connectivity index (χ1) is 17.2. The van der Waals surface area contributed by atoms with Crippen LogP contribution in [0.4, 0.5) is 19.3 Å². The molecule has 11 heteroatoms. The Balaban J connectivity index is 1.19. The Morgan fingerprint density at radius 3 is 2.35 bits per heavy atom. The maximum absolute atomic E-state index is 14.8. The van der Waals surface area contributed by atoms with Gasteiger partial charge in [0.15, 0.2) is 8.32 Å². The minimum atomic E-state index is -1.79. The molecular formula is C26H37F2N3O5Si. The molecule has 1 aliphatic carbocycles. The highest BCUT2D eigenvalue weighted by Gasteiger charge is 2.42. The fraction of sp³-hybridized carbons (Fsp3) is 0.654. The van der Waals surface area contributed by atoms with Crippen molar-refractivity contribution in [2.45, 2.75) is 82.7 Å². The van der Waals surface area contributed by atoms with E-state index >= 15 is 0 Å². The highest BCUT2D eigenvalue weighted by molar-refractivity contribution is 6.74. The van der Waals surface area contributed by atoms with Gasteiger partial charge >= 0.3 is 6.09 Å². The Bertz CT molecular complexity index is 1040. The number of hydrogen-bond donors (Lipinski definition) is 2. The SMILES string of the molecule is CC(C)(C)[Si](C)(C)OC1CC(COC(=O)NC2CN(c3cc(F)c(C4CCC(=O)NC4=O)c(F)c3)C2)C1. The lowest BCUT2D eigenvalue weighted by Crippen LogP contribution is -2.59. The quantitative estimate of drug-likeness (QED) is 0.400. The zero-order valence-electron chi connectivity index (χ0n) is 22.2. The first-order valence-corrected chi connectivity index (χ1v) is 15.8. The van der Waals surface area contributed by atoms with E-state index in [9.17, 15) is 23.2 Å². The Morgan fingerprint density at radius 2 is 1.78 bits per heavy atom. The van der Waals surface area contributed by atoms with Gasteiger partial charge in [0.25, 0.3) is 0 Å². The van der Waals surface area contributed by atoms with Gasteiger partial charge in [-0.3, -0.25) is 14.9 Å². The van der Waals surface area contributed by atoms with Gasteiger partial charge < -0.3 is 19.4 Å². The number of alkyl carbamates (subject to hydrolysis) is 1. The van der Waals surface area contributed by atoms with Crippen molar-refractivity contribution >= 4 is 31.9 Å². The number of imide groups is 1. The van der Waals surface area contributed by atoms with Crippen LogP contribution >= 0.6 is 0 Å². The Hall–Kier alpha value is -2.53. The number of carbonyl (C=O) groups excluding carboxylic acids is 3. The largest absolute Gasteiger partial charge is 0.449 e. The third-order valence-corrected chi connectivity index (χ3v) is 12.7. The number of nitrogens with one attached hydrogen (secondary N) is 2. The standard InChI is InChI=1S/C26H37F2N3O5Si/c1-26(2,3)37(4,5)36-18-8-15(9-18)14-35-25(34)29-16-12-31(13-16)17-10-20(27)23(21(28)11-17)19-6-7-22(32)30-24(19)33/h10-11,15-16,18-19H,6-9,12-14H2,1-5H3,(H,29,34)(H,30,32,33). The first-order valence-electron chi connectivity index (χ1n) is 12.9. The van der Waals surface area contributed by atoms with E-state index in [4.69, 9.17) is 9.16 Å². The normalized spacial score (nSPS) is 24.7. The number of hydrogen-bond acceptors (Lipinski definition) is 6. The Labute approximate surface area is 217 Å². The number of carbonyl (C=O) groups is 3. The van der Waals surface area contributed by atoms with Crippen LogP contribution in [0.2, 0.25) is 18.1 Å². The number of benzene rings is 1. The summed E-state index contributed by atoms with van der Waals surface area (Å²) in [6.45, 7) is 12.2. The molecule has 204 valence electrons. The predicted octanol–water partition coefficient (Wildman–Crippen LogP) is 4.20. The van der Waals surface area contributed by atoms with Crippen LogP contribution in [0, 0.1) is 17.6 Å². The zero-order valence-corrected chi connectivity index (χ0v) is 23.2. The molecule has 1 atom stereocenters. The monoisotopic (exact) mass is 537 g/mol. The van der Waals surface area contributed by atoms with Crippen molar-refractivity contribution in [3.63, 3.8) is 0 Å². The van der Waals surface area contributed by atoms with Crippen molar-refractivity contribution in [2.24, 2.45) is 5.92 Å². The van der Waals surface area contributed by atoms with E-state index in [1.54, 1.807) is 4.90 Å². The van der Waals surface area contributed by atoms with E-state index in [1.807, 2.05) is 0 Å². The highest BCUT2D eigenvalue weighted by Crippen LogP contribution is 2.41. The number of anilines is 1. The number of rotatable bonds is 7. The Kier molecular flexibility index (Phi) is 7.67. The summed E-state index contributed by atoms with van der Waals surface area (Å²) in [5.74, 6) is -3.50. The van der Waals surface area contributed by atoms with Gasteiger partial charge in [-0.05, 0) is 55.4 Å². The summed E-state index contributed by atoms with van der Waals surface area (Å²) in [4.78, 5) is 37.3. The molecule has 0 radical (unpaired) electrons. The molecular weight excluding hydrogens is 500 g/mol. The lowest BCUT2D eigenvalue weighted by molar-refractivity contribution is -0.134. The molecule has 3 amide bonds. The van der Waals surface area contributed by atoms with E-state index < -0.39 is 43.8 Å². The zero-order chi connectivity index (χ0) is 27.1. The molecule has 3 aliphatic rings. The van der Waals surface area contributed by atoms with E-state index in [0.717, 1.165) is 12.8 Å². The molecule has 2 N–H and O–H groups in total. The molecule has 4 rings (SSSR count). The number of amides is 3. The topological polar surface area (TPSA) is 97.0 Å². The second-order valence-corrected chi connectivity index (χ2v) is 16.8. The molecule has 0 aromatic heterocycles. The number of nitrogens with zero attached hydrogens (tertiary/aromatic N) is 1. The lowest BCUT2D eigenvalue weighted by Gasteiger charge is -2.44. The first kappa shape index (κ1) is 27.5. The van der Waals surface area contributed by atoms with E-state index in [-0.39, 0.29) is 35.6 Å². The van der Waals surface area contributed by atoms with Crippen LogP contribution in [-0.2, 0) is 18.8 Å². The average molecular weight is 538 g/mol. The van der Waals surface area contributed by atoms with Gasteiger partial charge in [-0.25, -0.2) is 13.6 Å². The summed E-state index contributed by atoms with van der Waals surface area (Å²) in [5, 5.41) is 5.09. The van der Waals surface area contributed by atoms with Gasteiger partial charge in [-0.2, -0.15) is 0 Å². The maximum Gasteiger partial charge on any atom is 0.407 e. The summed E-state index contributed by atoms with van der Waals surface area (Å²) < 4.78 is 41.3. The molecule has 2 aliphatic heterocycles. The van der Waals surface area contributed by atoms with Gasteiger partial charge in [0.2, 0.25) is 11.8 Å². The predicted molar refractivity (Wildman–Crippen MR) is 137 cm³/mol. The smallest absolute Gasteiger partial charge is 0.407 e. The molecule has 8 nitrogen and oxygen atoms in total. The van der Waals surface area contributed by atoms with Gasteiger partial charge in [0, 0.05) is 36.9 Å². The minimum Gasteiger partial charge on any atom is -0.449 e. The molecule has 3 fully saturated rings. The van der Waals surface area contributed by atoms with Crippen LogP contribution in [0.3, 0.4) is 0 Å². The third-order valence-electron chi connectivity index (χ3n) is 8.13. The summed E-state index contributed by atoms with van der Waals surface area (Å²) in [5.41, 5.74) is 0.0141. The molecule has 37 heavy (non-hydrogen) atoms. The lowest BCUT2D eigenvalue weighted by atomic mass is 9.83. The number of halogens is 2. The molecule has 1 aromatic carbocycles. The highest BCUT2D eigenvalue weighted by atomic mass is 28.4. The van der Waals surface area contributed by atoms with Gasteiger partial charge in [0.05, 0.1) is 18.6 Å². The summed E-state index contributed by atoms with van der Waals surface area (Å²) in [7, 11) is -1.79. The average Bonchev–Trinajstić information content (AvgIpc) is 2.71. The van der Waals surface area contributed by atoms with Crippen LogP contribution in [0.5, 0.6) is 0 Å². The summed E-state index contributed by atoms with van der Waals surface area (Å²) in [6, 6.07) is 2.19. The van der Waals surface area contributed by atoms with Gasteiger partial charge in [-0.15, -0.1) is 0 Å². The maximum atomic E-state index is 14.8. The van der Waals surface area contributed by atoms with E-state index in [0.29, 0.717) is 31.3 Å². The Morgan fingerprint density at radius 1 is 1.16 bits per heavy atom. The van der Waals surface area contributed by atoms with Crippen LogP contribution in [0.25, 0.3) is 0 Å². The fourth-order valence-electron chi connectivity index (χ4n) is 4.74. The van der Waals surface area contributed by atoms with Crippen molar-refractivity contribution in [3.8, 4) is 0 Å². The molecule has 2 saturated heterocycles. The molecule has 1 aromatic rings. The van der Waals surface area contributed by atoms with Crippen molar-refractivity contribution < 1.29 is 32.3 Å². The van der Waals surface area contributed by atoms with Crippen molar-refractivity contribution in [1.29, 1.82) is 0 Å². The van der Waals surface area contributed by atoms with Crippen LogP contribution in [-0.4, -0.2) is 58.1 Å². The molecule has 0 spiro atoms. The van der Waals surface area contributed by atoms with Crippen molar-refractivity contribution in [1.82, 2.24) is 10.6 Å². The molecule has 1 saturated carbocycles. The third kappa shape index (κ3) is 6.14. The van der Waals surface area contributed by atoms with Gasteiger partial charge in [0.1, 0.15) is 11.6 Å². The fourth-order valence-corrected chi connectivity index (χ4v) is 6.12. The second kappa shape index (κ2) is 10.3. The van der Waals surface area contributed by atoms with E-state index in [1.165, 1.54) is 12.1 Å². The van der Waals surface area contributed by atoms with Crippen LogP contribution in [0.1, 0.15) is 57.9 Å². The molecule has 2 heterocycles. The van der Waals surface area contributed by atoms with Gasteiger partial charge in [-0.1, -0.05) is 20.8 Å². The summed E-state index contributed by atoms with van der Waals surface area (Å²) >= 11 is 0. The summed E-state index contributed by atoms with van der Waals surface area (Å²) in [6.07, 6.45) is 1.63. The number of piperidine rings is 1. The van der Waals surface area contributed by atoms with Crippen molar-refractivity contribution in [2.75, 3.05) is 24.6 Å². The minimum absolute atomic E-state index is 0.0403. The van der Waals surface area contributed by atoms with Crippen LogP contribution in [0.15, 0.2) is 12.1 Å². The number of ether oxygens (including phenoxy) is 1. The molecule has 1 unspecified atom stereocenters.